The van der Waals surface area contributed by atoms with Gasteiger partial charge in [-0.2, -0.15) is 0 Å². The number of carbonyl (C=O) groups excluding carboxylic acids is 1. The summed E-state index contributed by atoms with van der Waals surface area (Å²) in [4.78, 5) is 22.8. The summed E-state index contributed by atoms with van der Waals surface area (Å²) in [6.45, 7) is 8.13. The molecule has 0 bridgehead atoms. The molecule has 4 fully saturated rings. The number of amides is 1. The molecule has 1 amide bonds. The lowest BCUT2D eigenvalue weighted by Crippen LogP contribution is -2.65. The van der Waals surface area contributed by atoms with Gasteiger partial charge in [-0.25, -0.2) is 4.39 Å². The predicted molar refractivity (Wildman–Crippen MR) is 145 cm³/mol. The van der Waals surface area contributed by atoms with Crippen LogP contribution in [0.5, 0.6) is 0 Å². The number of hydrogen-bond donors (Lipinski definition) is 0. The second kappa shape index (κ2) is 9.45. The van der Waals surface area contributed by atoms with Gasteiger partial charge in [-0.3, -0.25) is 9.78 Å². The summed E-state index contributed by atoms with van der Waals surface area (Å²) in [6.07, 6.45) is 13.7. The molecule has 1 aromatic carbocycles. The van der Waals surface area contributed by atoms with Gasteiger partial charge in [0.1, 0.15) is 5.82 Å². The van der Waals surface area contributed by atoms with Crippen molar-refractivity contribution in [1.82, 2.24) is 19.4 Å². The maximum Gasteiger partial charge on any atom is 0.256 e. The molecule has 1 spiro atoms. The maximum absolute atomic E-state index is 14.5. The monoisotopic (exact) mass is 516 g/mol. The number of rotatable bonds is 6. The lowest BCUT2D eigenvalue weighted by molar-refractivity contribution is -0.0487. The Hall–Kier alpha value is -2.77. The van der Waals surface area contributed by atoms with Crippen molar-refractivity contribution in [3.63, 3.8) is 0 Å². The Morgan fingerprint density at radius 3 is 2.66 bits per heavy atom. The molecule has 0 N–H and O–H groups in total. The van der Waals surface area contributed by atoms with Gasteiger partial charge >= 0.3 is 0 Å². The van der Waals surface area contributed by atoms with Crippen molar-refractivity contribution in [2.45, 2.75) is 57.4 Å². The van der Waals surface area contributed by atoms with Gasteiger partial charge in [0.2, 0.25) is 0 Å². The number of nitrogens with zero attached hydrogens (tertiary/aromatic N) is 4. The highest BCUT2D eigenvalue weighted by molar-refractivity contribution is 6.00. The molecule has 7 rings (SSSR count). The van der Waals surface area contributed by atoms with Gasteiger partial charge < -0.3 is 19.1 Å². The topological polar surface area (TPSA) is 50.6 Å². The highest BCUT2D eigenvalue weighted by Crippen LogP contribution is 2.48. The van der Waals surface area contributed by atoms with E-state index >= 15 is 0 Å². The maximum atomic E-state index is 14.5. The summed E-state index contributed by atoms with van der Waals surface area (Å²) in [5, 5.41) is 1.21. The van der Waals surface area contributed by atoms with Crippen molar-refractivity contribution in [2.24, 2.45) is 11.8 Å². The second-order valence-corrected chi connectivity index (χ2v) is 12.2. The van der Waals surface area contributed by atoms with E-state index in [1.54, 1.807) is 6.07 Å². The molecule has 0 unspecified atom stereocenters. The van der Waals surface area contributed by atoms with Crippen molar-refractivity contribution >= 4 is 16.8 Å². The first-order valence-corrected chi connectivity index (χ1v) is 14.4. The zero-order valence-corrected chi connectivity index (χ0v) is 22.3. The van der Waals surface area contributed by atoms with E-state index in [1.165, 1.54) is 48.9 Å². The van der Waals surface area contributed by atoms with E-state index in [1.807, 2.05) is 17.3 Å². The first-order valence-electron chi connectivity index (χ1n) is 14.4. The Labute approximate surface area is 223 Å². The number of aryl methyl sites for hydroxylation is 1. The van der Waals surface area contributed by atoms with Crippen molar-refractivity contribution in [2.75, 3.05) is 39.4 Å². The van der Waals surface area contributed by atoms with Gasteiger partial charge in [0, 0.05) is 62.7 Å². The van der Waals surface area contributed by atoms with Crippen molar-refractivity contribution < 1.29 is 13.9 Å². The highest BCUT2D eigenvalue weighted by atomic mass is 19.1. The number of pyridine rings is 1. The minimum absolute atomic E-state index is 0.0173. The van der Waals surface area contributed by atoms with Gasteiger partial charge in [0.25, 0.3) is 5.91 Å². The molecule has 2 aromatic heterocycles. The van der Waals surface area contributed by atoms with Gasteiger partial charge in [0.05, 0.1) is 23.0 Å². The molecular formula is C31H37FN4O2. The van der Waals surface area contributed by atoms with Crippen LogP contribution >= 0.6 is 0 Å². The Bertz CT molecular complexity index is 1360. The lowest BCUT2D eigenvalue weighted by Gasteiger charge is -2.58. The fourth-order valence-corrected chi connectivity index (χ4v) is 7.35. The van der Waals surface area contributed by atoms with Crippen LogP contribution in [0.15, 0.2) is 36.8 Å². The molecule has 1 saturated carbocycles. The Morgan fingerprint density at radius 1 is 1.13 bits per heavy atom. The third kappa shape index (κ3) is 4.06. The fourth-order valence-electron chi connectivity index (χ4n) is 7.35. The van der Waals surface area contributed by atoms with Crippen molar-refractivity contribution in [1.29, 1.82) is 0 Å². The predicted octanol–water partition coefficient (Wildman–Crippen LogP) is 5.14. The lowest BCUT2D eigenvalue weighted by atomic mass is 9.67. The third-order valence-electron chi connectivity index (χ3n) is 9.73. The van der Waals surface area contributed by atoms with Crippen LogP contribution in [0.25, 0.3) is 16.6 Å². The average Bonchev–Trinajstić information content (AvgIpc) is 3.21. The van der Waals surface area contributed by atoms with Gasteiger partial charge in [-0.15, -0.1) is 0 Å². The smallest absolute Gasteiger partial charge is 0.256 e. The molecule has 6 nitrogen and oxygen atoms in total. The van der Waals surface area contributed by atoms with Crippen LogP contribution in [-0.2, 0) is 11.2 Å². The standard InChI is InChI=1S/C31H37FN4O2/c1-21-15-33-16-28-29(21)24(13-23-18-34(19-23)17-22-5-11-38-12-6-22)20-35(28)27-4-3-25(32)14-26(27)30(37)36-10-9-31(36)7-2-8-31/h3-4,14-16,20,22-23H,2,5-13,17-19H2,1H3. The molecule has 4 aliphatic rings. The first kappa shape index (κ1) is 24.3. The van der Waals surface area contributed by atoms with Crippen molar-refractivity contribution in [3.05, 3.63) is 59.3 Å². The van der Waals surface area contributed by atoms with Crippen LogP contribution < -0.4 is 0 Å². The first-order chi connectivity index (χ1) is 18.5. The molecule has 38 heavy (non-hydrogen) atoms. The molecule has 3 aromatic rings. The minimum Gasteiger partial charge on any atom is -0.381 e. The average molecular weight is 517 g/mol. The number of aromatic nitrogens is 2. The number of benzene rings is 1. The van der Waals surface area contributed by atoms with Crippen LogP contribution in [0.4, 0.5) is 4.39 Å². The largest absolute Gasteiger partial charge is 0.381 e. The van der Waals surface area contributed by atoms with Crippen LogP contribution in [0.1, 0.15) is 60.0 Å². The third-order valence-corrected chi connectivity index (χ3v) is 9.73. The Kier molecular flexibility index (Phi) is 6.04. The molecule has 0 radical (unpaired) electrons. The summed E-state index contributed by atoms with van der Waals surface area (Å²) in [6, 6.07) is 4.66. The second-order valence-electron chi connectivity index (χ2n) is 12.2. The fraction of sp³-hybridized carbons (Fsp3) is 0.548. The van der Waals surface area contributed by atoms with E-state index in [9.17, 15) is 9.18 Å². The van der Waals surface area contributed by atoms with Crippen LogP contribution in [0, 0.1) is 24.6 Å². The molecule has 3 aliphatic heterocycles. The quantitative estimate of drug-likeness (QED) is 0.455. The van der Waals surface area contributed by atoms with Crippen LogP contribution in [-0.4, -0.2) is 70.2 Å². The van der Waals surface area contributed by atoms with Gasteiger partial charge in [0.15, 0.2) is 0 Å². The molecule has 1 aliphatic carbocycles. The molecule has 200 valence electrons. The van der Waals surface area contributed by atoms with Gasteiger partial charge in [-0.05, 0) is 93.0 Å². The molecule has 3 saturated heterocycles. The molecular weight excluding hydrogens is 479 g/mol. The number of halogens is 1. The number of likely N-dealkylation sites (tertiary alicyclic amines) is 2. The summed E-state index contributed by atoms with van der Waals surface area (Å²) < 4.78 is 22.1. The molecule has 7 heteroatoms. The number of ether oxygens (including phenoxy) is 1. The van der Waals surface area contributed by atoms with Gasteiger partial charge in [-0.1, -0.05) is 0 Å². The normalized spacial score (nSPS) is 21.9. The van der Waals surface area contributed by atoms with E-state index in [4.69, 9.17) is 4.74 Å². The summed E-state index contributed by atoms with van der Waals surface area (Å²) in [7, 11) is 0. The SMILES string of the molecule is Cc1cncc2c1c(CC1CN(CC3CCOCC3)C1)cn2-c1ccc(F)cc1C(=O)N1CCC12CCC2. The Balaban J connectivity index is 1.17. The van der Waals surface area contributed by atoms with E-state index in [2.05, 4.69) is 27.6 Å². The highest BCUT2D eigenvalue weighted by Gasteiger charge is 2.51. The molecule has 0 atom stereocenters. The van der Waals surface area contributed by atoms with Crippen molar-refractivity contribution in [3.8, 4) is 5.69 Å². The summed E-state index contributed by atoms with van der Waals surface area (Å²) in [5.74, 6) is 0.970. The van der Waals surface area contributed by atoms with Crippen LogP contribution in [0.2, 0.25) is 0 Å². The number of carbonyl (C=O) groups is 1. The zero-order chi connectivity index (χ0) is 25.9. The summed E-state index contributed by atoms with van der Waals surface area (Å²) in [5.41, 5.74) is 4.63. The Morgan fingerprint density at radius 2 is 1.95 bits per heavy atom. The number of fused-ring (bicyclic) bond motifs is 1. The number of hydrogen-bond acceptors (Lipinski definition) is 4. The molecule has 5 heterocycles. The van der Waals surface area contributed by atoms with Crippen LogP contribution in [0.3, 0.4) is 0 Å². The van der Waals surface area contributed by atoms with E-state index < -0.39 is 0 Å². The van der Waals surface area contributed by atoms with E-state index in [0.717, 1.165) is 81.2 Å². The zero-order valence-electron chi connectivity index (χ0n) is 22.3. The minimum atomic E-state index is -0.370. The van der Waals surface area contributed by atoms with E-state index in [-0.39, 0.29) is 17.3 Å². The van der Waals surface area contributed by atoms with E-state index in [0.29, 0.717) is 11.5 Å². The summed E-state index contributed by atoms with van der Waals surface area (Å²) >= 11 is 0.